The van der Waals surface area contributed by atoms with Crippen molar-refractivity contribution in [3.8, 4) is 11.5 Å². The summed E-state index contributed by atoms with van der Waals surface area (Å²) in [6, 6.07) is 11.9. The first kappa shape index (κ1) is 15.5. The predicted octanol–water partition coefficient (Wildman–Crippen LogP) is 4.46. The van der Waals surface area contributed by atoms with Crippen LogP contribution in [0, 0.1) is 0 Å². The second kappa shape index (κ2) is 6.11. The zero-order chi connectivity index (χ0) is 16.7. The van der Waals surface area contributed by atoms with Crippen LogP contribution in [0.2, 0.25) is 5.02 Å². The summed E-state index contributed by atoms with van der Waals surface area (Å²) in [7, 11) is 1.57. The minimum Gasteiger partial charge on any atom is -0.504 e. The van der Waals surface area contributed by atoms with Gasteiger partial charge in [-0.3, -0.25) is 0 Å². The van der Waals surface area contributed by atoms with Crippen molar-refractivity contribution in [2.75, 3.05) is 13.7 Å². The minimum absolute atomic E-state index is 0.175. The van der Waals surface area contributed by atoms with Crippen molar-refractivity contribution in [1.29, 1.82) is 0 Å². The molecule has 0 aliphatic carbocycles. The van der Waals surface area contributed by atoms with Gasteiger partial charge in [-0.05, 0) is 23.8 Å². The van der Waals surface area contributed by atoms with Gasteiger partial charge in [0.05, 0.1) is 17.0 Å². The van der Waals surface area contributed by atoms with E-state index >= 15 is 0 Å². The second-order valence-corrected chi connectivity index (χ2v) is 7.42. The molecule has 1 aromatic heterocycles. The van der Waals surface area contributed by atoms with E-state index in [0.29, 0.717) is 5.75 Å². The van der Waals surface area contributed by atoms with Crippen LogP contribution in [0.3, 0.4) is 0 Å². The summed E-state index contributed by atoms with van der Waals surface area (Å²) >= 11 is 8.30. The number of aromatic hydroxyl groups is 1. The summed E-state index contributed by atoms with van der Waals surface area (Å²) in [5.41, 5.74) is 2.24. The van der Waals surface area contributed by atoms with Crippen molar-refractivity contribution in [3.05, 3.63) is 57.4 Å². The molecular formula is C19H17ClNO2S+. The zero-order valence-corrected chi connectivity index (χ0v) is 14.8. The third-order valence-corrected chi connectivity index (χ3v) is 6.08. The molecule has 0 saturated carbocycles. The molecule has 4 rings (SSSR count). The summed E-state index contributed by atoms with van der Waals surface area (Å²) in [5, 5.41) is 12.0. The number of thiophene rings is 1. The molecule has 122 valence electrons. The fourth-order valence-corrected chi connectivity index (χ4v) is 4.65. The lowest BCUT2D eigenvalue weighted by atomic mass is 10.0. The molecule has 1 aliphatic rings. The summed E-state index contributed by atoms with van der Waals surface area (Å²) in [4.78, 5) is 1.18. The Kier molecular flexibility index (Phi) is 3.94. The predicted molar refractivity (Wildman–Crippen MR) is 99.2 cm³/mol. The first-order valence-corrected chi connectivity index (χ1v) is 9.00. The quantitative estimate of drug-likeness (QED) is 0.701. The van der Waals surface area contributed by atoms with E-state index in [1.54, 1.807) is 24.5 Å². The van der Waals surface area contributed by atoms with Crippen LogP contribution < -0.4 is 4.74 Å². The fourth-order valence-electron chi connectivity index (χ4n) is 3.13. The monoisotopic (exact) mass is 358 g/mol. The van der Waals surface area contributed by atoms with Gasteiger partial charge in [0.25, 0.3) is 0 Å². The molecule has 0 radical (unpaired) electrons. The normalized spacial score (nSPS) is 13.7. The second-order valence-electron chi connectivity index (χ2n) is 5.91. The lowest BCUT2D eigenvalue weighted by Gasteiger charge is -2.14. The third kappa shape index (κ3) is 2.66. The number of halogens is 1. The Balaban J connectivity index is 1.68. The van der Waals surface area contributed by atoms with E-state index in [1.807, 2.05) is 18.2 Å². The lowest BCUT2D eigenvalue weighted by Crippen LogP contribution is -2.22. The number of hydrogen-bond acceptors (Lipinski definition) is 3. The van der Waals surface area contributed by atoms with E-state index in [-0.39, 0.29) is 5.75 Å². The van der Waals surface area contributed by atoms with Crippen molar-refractivity contribution in [2.24, 2.45) is 0 Å². The number of rotatable bonds is 3. The molecule has 0 unspecified atom stereocenters. The highest BCUT2D eigenvalue weighted by atomic mass is 35.5. The Bertz CT molecular complexity index is 961. The molecular weight excluding hydrogens is 342 g/mol. The highest BCUT2D eigenvalue weighted by Crippen LogP contribution is 2.36. The number of benzene rings is 2. The Morgan fingerprint density at radius 3 is 2.92 bits per heavy atom. The van der Waals surface area contributed by atoms with Crippen molar-refractivity contribution in [1.82, 2.24) is 0 Å². The van der Waals surface area contributed by atoms with E-state index in [4.69, 9.17) is 16.3 Å². The Morgan fingerprint density at radius 1 is 1.29 bits per heavy atom. The fraction of sp³-hybridized carbons (Fsp3) is 0.211. The Morgan fingerprint density at radius 2 is 2.12 bits per heavy atom. The van der Waals surface area contributed by atoms with E-state index in [2.05, 4.69) is 22.9 Å². The molecule has 0 fully saturated rings. The largest absolute Gasteiger partial charge is 0.504 e. The molecule has 2 heterocycles. The molecule has 0 spiro atoms. The van der Waals surface area contributed by atoms with Crippen LogP contribution in [0.15, 0.2) is 36.4 Å². The molecule has 0 saturated heterocycles. The maximum Gasteiger partial charge on any atom is 0.178 e. The molecule has 0 bridgehead atoms. The van der Waals surface area contributed by atoms with Crippen LogP contribution in [0.5, 0.6) is 11.5 Å². The molecule has 3 aromatic rings. The molecule has 3 nitrogen and oxygen atoms in total. The number of phenols is 1. The van der Waals surface area contributed by atoms with Gasteiger partial charge in [-0.2, -0.15) is 0 Å². The van der Waals surface area contributed by atoms with E-state index in [0.717, 1.165) is 35.5 Å². The number of nitrogens with zero attached hydrogens (tertiary/aromatic N) is 1. The topological polar surface area (TPSA) is 32.5 Å². The molecule has 1 N–H and O–H groups in total. The van der Waals surface area contributed by atoms with Gasteiger partial charge in [0.2, 0.25) is 0 Å². The number of ether oxygens (including phenoxy) is 1. The molecule has 0 amide bonds. The first-order chi connectivity index (χ1) is 11.7. The van der Waals surface area contributed by atoms with Crippen molar-refractivity contribution < 1.29 is 14.4 Å². The average molecular weight is 359 g/mol. The van der Waals surface area contributed by atoms with Gasteiger partial charge in [-0.1, -0.05) is 29.8 Å². The van der Waals surface area contributed by atoms with Crippen LogP contribution >= 0.6 is 22.9 Å². The molecule has 5 heteroatoms. The maximum absolute atomic E-state index is 10.00. The van der Waals surface area contributed by atoms with Gasteiger partial charge >= 0.3 is 0 Å². The van der Waals surface area contributed by atoms with Gasteiger partial charge in [0, 0.05) is 22.1 Å². The lowest BCUT2D eigenvalue weighted by molar-refractivity contribution is -0.539. The van der Waals surface area contributed by atoms with E-state index in [9.17, 15) is 5.11 Å². The molecule has 24 heavy (non-hydrogen) atoms. The highest BCUT2D eigenvalue weighted by Gasteiger charge is 2.21. The SMILES string of the molecule is COc1cc2c(cc1O)C=[N+](Cc1sc3ccccc3c1Cl)CC2. The number of fused-ring (bicyclic) bond motifs is 2. The number of methoxy groups -OCH3 is 1. The van der Waals surface area contributed by atoms with Crippen LogP contribution in [-0.2, 0) is 13.0 Å². The highest BCUT2D eigenvalue weighted by molar-refractivity contribution is 7.19. The first-order valence-electron chi connectivity index (χ1n) is 7.80. The summed E-state index contributed by atoms with van der Waals surface area (Å²) in [6.45, 7) is 1.70. The van der Waals surface area contributed by atoms with Crippen LogP contribution in [0.1, 0.15) is 16.0 Å². The van der Waals surface area contributed by atoms with Crippen molar-refractivity contribution >= 4 is 39.2 Å². The third-order valence-electron chi connectivity index (χ3n) is 4.38. The minimum atomic E-state index is 0.175. The van der Waals surface area contributed by atoms with E-state index in [1.165, 1.54) is 15.1 Å². The van der Waals surface area contributed by atoms with Gasteiger partial charge < -0.3 is 9.84 Å². The standard InChI is InChI=1S/C19H16ClNO2S/c1-23-16-9-12-6-7-21(10-13(12)8-15(16)22)11-18-19(20)14-4-2-3-5-17(14)24-18/h2-5,8-10H,6-7,11H2,1H3/p+1. The molecule has 2 aromatic carbocycles. The zero-order valence-electron chi connectivity index (χ0n) is 13.3. The van der Waals surface area contributed by atoms with Crippen molar-refractivity contribution in [3.63, 3.8) is 0 Å². The summed E-state index contributed by atoms with van der Waals surface area (Å²) < 4.78 is 8.66. The number of phenolic OH excluding ortho intramolecular Hbond substituents is 1. The smallest absolute Gasteiger partial charge is 0.178 e. The van der Waals surface area contributed by atoms with Crippen molar-refractivity contribution in [2.45, 2.75) is 13.0 Å². The van der Waals surface area contributed by atoms with Crippen LogP contribution in [0.4, 0.5) is 0 Å². The Labute approximate surface area is 149 Å². The number of hydrogen-bond donors (Lipinski definition) is 1. The molecule has 0 atom stereocenters. The maximum atomic E-state index is 10.00. The summed E-state index contributed by atoms with van der Waals surface area (Å²) in [5.74, 6) is 0.706. The van der Waals surface area contributed by atoms with Crippen LogP contribution in [-0.4, -0.2) is 29.6 Å². The Hall–Kier alpha value is -2.04. The van der Waals surface area contributed by atoms with Crippen LogP contribution in [0.25, 0.3) is 10.1 Å². The van der Waals surface area contributed by atoms with E-state index < -0.39 is 0 Å². The molecule has 1 aliphatic heterocycles. The van der Waals surface area contributed by atoms with Gasteiger partial charge in [0.1, 0.15) is 6.54 Å². The summed E-state index contributed by atoms with van der Waals surface area (Å²) in [6.07, 6.45) is 3.02. The van der Waals surface area contributed by atoms with Gasteiger partial charge in [-0.25, -0.2) is 4.58 Å². The van der Waals surface area contributed by atoms with Gasteiger partial charge in [-0.15, -0.1) is 11.3 Å². The average Bonchev–Trinajstić information content (AvgIpc) is 2.90. The van der Waals surface area contributed by atoms with Gasteiger partial charge in [0.15, 0.2) is 24.3 Å².